The van der Waals surface area contributed by atoms with Crippen LogP contribution >= 0.6 is 0 Å². The fourth-order valence-electron chi connectivity index (χ4n) is 2.14. The van der Waals surface area contributed by atoms with E-state index in [2.05, 4.69) is 5.32 Å². The molecule has 4 heteroatoms. The quantitative estimate of drug-likeness (QED) is 0.893. The molecule has 0 saturated carbocycles. The summed E-state index contributed by atoms with van der Waals surface area (Å²) in [7, 11) is 0. The van der Waals surface area contributed by atoms with E-state index < -0.39 is 0 Å². The molecule has 1 atom stereocenters. The summed E-state index contributed by atoms with van der Waals surface area (Å²) in [6.45, 7) is 3.99. The molecule has 3 nitrogen and oxygen atoms in total. The molecular formula is C14H20FNO2. The van der Waals surface area contributed by atoms with Crippen molar-refractivity contribution in [1.29, 1.82) is 0 Å². The van der Waals surface area contributed by atoms with Gasteiger partial charge in [-0.15, -0.1) is 0 Å². The van der Waals surface area contributed by atoms with E-state index in [4.69, 9.17) is 9.47 Å². The van der Waals surface area contributed by atoms with Crippen LogP contribution in [0.4, 0.5) is 10.1 Å². The van der Waals surface area contributed by atoms with E-state index in [0.717, 1.165) is 32.5 Å². The first-order chi connectivity index (χ1) is 8.79. The number of halogens is 1. The fraction of sp³-hybridized carbons (Fsp3) is 0.571. The van der Waals surface area contributed by atoms with E-state index in [1.807, 2.05) is 6.92 Å². The molecule has 1 fully saturated rings. The molecule has 1 heterocycles. The first kappa shape index (κ1) is 13.1. The van der Waals surface area contributed by atoms with Crippen molar-refractivity contribution < 1.29 is 13.9 Å². The molecule has 0 aliphatic carbocycles. The van der Waals surface area contributed by atoms with Crippen molar-refractivity contribution in [2.45, 2.75) is 32.2 Å². The normalized spacial score (nSPS) is 20.2. The standard InChI is InChI=1S/C14H20FNO2/c1-2-18-12-5-6-14(13(15)10-12)16-11-4-3-8-17-9-7-11/h5-6,10-11,16H,2-4,7-9H2,1H3. The smallest absolute Gasteiger partial charge is 0.149 e. The largest absolute Gasteiger partial charge is 0.494 e. The van der Waals surface area contributed by atoms with Gasteiger partial charge in [0.1, 0.15) is 11.6 Å². The third-order valence-corrected chi connectivity index (χ3v) is 3.06. The second kappa shape index (κ2) is 6.59. The van der Waals surface area contributed by atoms with Gasteiger partial charge in [0, 0.05) is 25.3 Å². The second-order valence-corrected chi connectivity index (χ2v) is 4.46. The lowest BCUT2D eigenvalue weighted by Gasteiger charge is -2.18. The Labute approximate surface area is 107 Å². The molecule has 1 saturated heterocycles. The lowest BCUT2D eigenvalue weighted by Crippen LogP contribution is -2.20. The van der Waals surface area contributed by atoms with Gasteiger partial charge in [0.25, 0.3) is 0 Å². The van der Waals surface area contributed by atoms with Crippen LogP contribution in [0.1, 0.15) is 26.2 Å². The zero-order valence-electron chi connectivity index (χ0n) is 10.7. The van der Waals surface area contributed by atoms with Gasteiger partial charge in [-0.2, -0.15) is 0 Å². The highest BCUT2D eigenvalue weighted by molar-refractivity contribution is 5.48. The van der Waals surface area contributed by atoms with Crippen molar-refractivity contribution in [3.05, 3.63) is 24.0 Å². The van der Waals surface area contributed by atoms with Crippen LogP contribution in [-0.4, -0.2) is 25.9 Å². The number of benzene rings is 1. The molecule has 1 aliphatic rings. The van der Waals surface area contributed by atoms with E-state index in [1.165, 1.54) is 6.07 Å². The predicted molar refractivity (Wildman–Crippen MR) is 69.6 cm³/mol. The van der Waals surface area contributed by atoms with E-state index in [9.17, 15) is 4.39 Å². The van der Waals surface area contributed by atoms with Gasteiger partial charge in [0.05, 0.1) is 12.3 Å². The lowest BCUT2D eigenvalue weighted by atomic mass is 10.1. The molecule has 0 radical (unpaired) electrons. The van der Waals surface area contributed by atoms with E-state index in [0.29, 0.717) is 24.1 Å². The number of ether oxygens (including phenoxy) is 2. The molecule has 1 aromatic carbocycles. The lowest BCUT2D eigenvalue weighted by molar-refractivity contribution is 0.144. The Morgan fingerprint density at radius 3 is 3.06 bits per heavy atom. The first-order valence-electron chi connectivity index (χ1n) is 6.56. The van der Waals surface area contributed by atoms with E-state index >= 15 is 0 Å². The number of hydrogen-bond donors (Lipinski definition) is 1. The Kier molecular flexibility index (Phi) is 4.81. The molecule has 0 aromatic heterocycles. The highest BCUT2D eigenvalue weighted by Gasteiger charge is 2.14. The molecule has 1 unspecified atom stereocenters. The van der Waals surface area contributed by atoms with Gasteiger partial charge in [0.2, 0.25) is 0 Å². The van der Waals surface area contributed by atoms with Gasteiger partial charge in [0.15, 0.2) is 0 Å². The van der Waals surface area contributed by atoms with Crippen LogP contribution in [-0.2, 0) is 4.74 Å². The second-order valence-electron chi connectivity index (χ2n) is 4.46. The highest BCUT2D eigenvalue weighted by atomic mass is 19.1. The summed E-state index contributed by atoms with van der Waals surface area (Å²) in [5.41, 5.74) is 0.547. The summed E-state index contributed by atoms with van der Waals surface area (Å²) in [5, 5.41) is 3.25. The Bertz CT molecular complexity index is 376. The summed E-state index contributed by atoms with van der Waals surface area (Å²) in [6, 6.07) is 5.26. The Morgan fingerprint density at radius 1 is 1.39 bits per heavy atom. The average Bonchev–Trinajstić information content (AvgIpc) is 2.62. The summed E-state index contributed by atoms with van der Waals surface area (Å²) < 4.78 is 24.5. The van der Waals surface area contributed by atoms with Gasteiger partial charge in [-0.1, -0.05) is 0 Å². The number of rotatable bonds is 4. The Hall–Kier alpha value is -1.29. The molecule has 100 valence electrons. The van der Waals surface area contributed by atoms with Crippen LogP contribution in [0.3, 0.4) is 0 Å². The number of hydrogen-bond acceptors (Lipinski definition) is 3. The van der Waals surface area contributed by atoms with Crippen molar-refractivity contribution in [2.24, 2.45) is 0 Å². The molecule has 0 spiro atoms. The summed E-state index contributed by atoms with van der Waals surface area (Å²) in [4.78, 5) is 0. The minimum absolute atomic E-state index is 0.258. The van der Waals surface area contributed by atoms with Crippen LogP contribution in [0, 0.1) is 5.82 Å². The van der Waals surface area contributed by atoms with Crippen molar-refractivity contribution in [1.82, 2.24) is 0 Å². The van der Waals surface area contributed by atoms with Crippen LogP contribution < -0.4 is 10.1 Å². The maximum atomic E-state index is 13.9. The molecule has 0 amide bonds. The Morgan fingerprint density at radius 2 is 2.28 bits per heavy atom. The maximum absolute atomic E-state index is 13.9. The van der Waals surface area contributed by atoms with Gasteiger partial charge in [-0.05, 0) is 38.3 Å². The summed E-state index contributed by atoms with van der Waals surface area (Å²) >= 11 is 0. The van der Waals surface area contributed by atoms with Crippen LogP contribution in [0.25, 0.3) is 0 Å². The Balaban J connectivity index is 1.99. The third-order valence-electron chi connectivity index (χ3n) is 3.06. The number of nitrogens with one attached hydrogen (secondary N) is 1. The predicted octanol–water partition coefficient (Wildman–Crippen LogP) is 3.21. The molecule has 0 bridgehead atoms. The molecule has 1 aliphatic heterocycles. The monoisotopic (exact) mass is 253 g/mol. The van der Waals surface area contributed by atoms with Gasteiger partial charge >= 0.3 is 0 Å². The summed E-state index contributed by atoms with van der Waals surface area (Å²) in [6.07, 6.45) is 2.97. The highest BCUT2D eigenvalue weighted by Crippen LogP contribution is 2.23. The van der Waals surface area contributed by atoms with Gasteiger partial charge in [-0.25, -0.2) is 4.39 Å². The van der Waals surface area contributed by atoms with Gasteiger partial charge in [-0.3, -0.25) is 0 Å². The molecule has 1 aromatic rings. The van der Waals surface area contributed by atoms with E-state index in [1.54, 1.807) is 12.1 Å². The van der Waals surface area contributed by atoms with Crippen LogP contribution in [0.5, 0.6) is 5.75 Å². The van der Waals surface area contributed by atoms with Crippen LogP contribution in [0.15, 0.2) is 18.2 Å². The van der Waals surface area contributed by atoms with Crippen molar-refractivity contribution in [2.75, 3.05) is 25.1 Å². The number of anilines is 1. The van der Waals surface area contributed by atoms with Gasteiger partial charge < -0.3 is 14.8 Å². The van der Waals surface area contributed by atoms with Crippen molar-refractivity contribution in [3.63, 3.8) is 0 Å². The average molecular weight is 253 g/mol. The molecule has 18 heavy (non-hydrogen) atoms. The SMILES string of the molecule is CCOc1ccc(NC2CCCOCC2)c(F)c1. The minimum Gasteiger partial charge on any atom is -0.494 e. The van der Waals surface area contributed by atoms with Crippen molar-refractivity contribution in [3.8, 4) is 5.75 Å². The third kappa shape index (κ3) is 3.60. The zero-order valence-corrected chi connectivity index (χ0v) is 10.7. The zero-order chi connectivity index (χ0) is 12.8. The topological polar surface area (TPSA) is 30.5 Å². The fourth-order valence-corrected chi connectivity index (χ4v) is 2.14. The first-order valence-corrected chi connectivity index (χ1v) is 6.56. The molecule has 2 rings (SSSR count). The van der Waals surface area contributed by atoms with Crippen LogP contribution in [0.2, 0.25) is 0 Å². The molecule has 1 N–H and O–H groups in total. The minimum atomic E-state index is -0.258. The molecular weight excluding hydrogens is 233 g/mol. The summed E-state index contributed by atoms with van der Waals surface area (Å²) in [5.74, 6) is 0.316. The van der Waals surface area contributed by atoms with E-state index in [-0.39, 0.29) is 5.82 Å². The van der Waals surface area contributed by atoms with Crippen molar-refractivity contribution >= 4 is 5.69 Å². The maximum Gasteiger partial charge on any atom is 0.149 e.